The topological polar surface area (TPSA) is 78.1 Å². The van der Waals surface area contributed by atoms with Crippen LogP contribution in [0.5, 0.6) is 0 Å². The summed E-state index contributed by atoms with van der Waals surface area (Å²) in [5.41, 5.74) is 1.34. The Kier molecular flexibility index (Phi) is 4.23. The van der Waals surface area contributed by atoms with Crippen molar-refractivity contribution in [3.05, 3.63) is 27.4 Å². The molecule has 1 fully saturated rings. The van der Waals surface area contributed by atoms with Crippen LogP contribution in [0.1, 0.15) is 42.9 Å². The van der Waals surface area contributed by atoms with Crippen LogP contribution in [0.2, 0.25) is 0 Å². The van der Waals surface area contributed by atoms with Gasteiger partial charge in [0.1, 0.15) is 5.82 Å². The molecule has 1 saturated heterocycles. The molecule has 2 rings (SSSR count). The molecule has 1 amide bonds. The highest BCUT2D eigenvalue weighted by atomic mass is 16.2. The number of aromatic amines is 1. The second-order valence-corrected chi connectivity index (χ2v) is 5.55. The van der Waals surface area contributed by atoms with Gasteiger partial charge in [0, 0.05) is 37.8 Å². The molecule has 110 valence electrons. The third kappa shape index (κ3) is 3.07. The summed E-state index contributed by atoms with van der Waals surface area (Å²) >= 11 is 0. The summed E-state index contributed by atoms with van der Waals surface area (Å²) in [5.74, 6) is 0.813. The SMILES string of the molecule is Cc1nc(C)c(C(C)NC2CCC(=O)N(C)C2)c(=O)[nH]1. The molecular weight excluding hydrogens is 256 g/mol. The predicted molar refractivity (Wildman–Crippen MR) is 76.5 cm³/mol. The number of nitrogens with one attached hydrogen (secondary N) is 2. The van der Waals surface area contributed by atoms with Crippen LogP contribution in [-0.2, 0) is 4.79 Å². The van der Waals surface area contributed by atoms with E-state index < -0.39 is 0 Å². The molecule has 1 aromatic heterocycles. The van der Waals surface area contributed by atoms with E-state index in [0.29, 0.717) is 24.4 Å². The lowest BCUT2D eigenvalue weighted by Gasteiger charge is -2.32. The summed E-state index contributed by atoms with van der Waals surface area (Å²) in [5, 5.41) is 3.43. The molecule has 6 nitrogen and oxygen atoms in total. The number of amides is 1. The lowest BCUT2D eigenvalue weighted by molar-refractivity contribution is -0.132. The summed E-state index contributed by atoms with van der Waals surface area (Å²) in [4.78, 5) is 32.3. The van der Waals surface area contributed by atoms with Gasteiger partial charge in [0.05, 0.1) is 5.56 Å². The maximum atomic E-state index is 12.1. The first-order valence-corrected chi connectivity index (χ1v) is 6.96. The van der Waals surface area contributed by atoms with Crippen LogP contribution in [0.25, 0.3) is 0 Å². The molecule has 0 aromatic carbocycles. The fourth-order valence-electron chi connectivity index (χ4n) is 2.83. The third-order valence-corrected chi connectivity index (χ3v) is 3.81. The molecule has 2 heterocycles. The van der Waals surface area contributed by atoms with Crippen molar-refractivity contribution in [3.63, 3.8) is 0 Å². The monoisotopic (exact) mass is 278 g/mol. The van der Waals surface area contributed by atoms with Crippen LogP contribution < -0.4 is 10.9 Å². The normalized spacial score (nSPS) is 21.1. The zero-order valence-electron chi connectivity index (χ0n) is 12.5. The summed E-state index contributed by atoms with van der Waals surface area (Å²) in [7, 11) is 1.81. The van der Waals surface area contributed by atoms with Gasteiger partial charge in [0.15, 0.2) is 0 Å². The van der Waals surface area contributed by atoms with Crippen LogP contribution >= 0.6 is 0 Å². The van der Waals surface area contributed by atoms with Crippen molar-refractivity contribution >= 4 is 5.91 Å². The van der Waals surface area contributed by atoms with E-state index in [1.54, 1.807) is 11.8 Å². The Morgan fingerprint density at radius 3 is 2.70 bits per heavy atom. The van der Waals surface area contributed by atoms with Crippen LogP contribution in [0.15, 0.2) is 4.79 Å². The van der Waals surface area contributed by atoms with Crippen molar-refractivity contribution in [1.82, 2.24) is 20.2 Å². The summed E-state index contributed by atoms with van der Waals surface area (Å²) in [6, 6.07) is 0.131. The zero-order valence-corrected chi connectivity index (χ0v) is 12.5. The second-order valence-electron chi connectivity index (χ2n) is 5.55. The Morgan fingerprint density at radius 2 is 2.10 bits per heavy atom. The average molecular weight is 278 g/mol. The number of carbonyl (C=O) groups is 1. The highest BCUT2D eigenvalue weighted by Gasteiger charge is 2.25. The number of hydrogen-bond donors (Lipinski definition) is 2. The van der Waals surface area contributed by atoms with E-state index in [-0.39, 0.29) is 23.6 Å². The molecule has 0 spiro atoms. The zero-order chi connectivity index (χ0) is 14.9. The average Bonchev–Trinajstić information content (AvgIpc) is 2.32. The lowest BCUT2D eigenvalue weighted by Crippen LogP contribution is -2.47. The number of likely N-dealkylation sites (tertiary alicyclic amines) is 1. The van der Waals surface area contributed by atoms with Gasteiger partial charge in [-0.05, 0) is 27.2 Å². The molecule has 2 atom stereocenters. The van der Waals surface area contributed by atoms with Crippen molar-refractivity contribution in [2.24, 2.45) is 0 Å². The van der Waals surface area contributed by atoms with Gasteiger partial charge in [0.2, 0.25) is 5.91 Å². The molecule has 20 heavy (non-hydrogen) atoms. The number of nitrogens with zero attached hydrogens (tertiary/aromatic N) is 2. The molecule has 0 saturated carbocycles. The molecule has 1 aliphatic rings. The Morgan fingerprint density at radius 1 is 1.40 bits per heavy atom. The van der Waals surface area contributed by atoms with Gasteiger partial charge in [-0.3, -0.25) is 9.59 Å². The fourth-order valence-corrected chi connectivity index (χ4v) is 2.83. The number of likely N-dealkylation sites (N-methyl/N-ethyl adjacent to an activating group) is 1. The Balaban J connectivity index is 2.11. The molecule has 2 N–H and O–H groups in total. The molecular formula is C14H22N4O2. The Hall–Kier alpha value is -1.69. The lowest BCUT2D eigenvalue weighted by atomic mass is 10.0. The molecule has 6 heteroatoms. The molecule has 1 aliphatic heterocycles. The number of rotatable bonds is 3. The van der Waals surface area contributed by atoms with Crippen molar-refractivity contribution in [2.45, 2.75) is 45.7 Å². The molecule has 0 bridgehead atoms. The van der Waals surface area contributed by atoms with Crippen molar-refractivity contribution in [2.75, 3.05) is 13.6 Å². The van der Waals surface area contributed by atoms with Gasteiger partial charge in [-0.25, -0.2) is 4.98 Å². The van der Waals surface area contributed by atoms with E-state index in [2.05, 4.69) is 15.3 Å². The van der Waals surface area contributed by atoms with E-state index >= 15 is 0 Å². The first-order chi connectivity index (χ1) is 9.38. The maximum Gasteiger partial charge on any atom is 0.255 e. The van der Waals surface area contributed by atoms with Gasteiger partial charge in [-0.15, -0.1) is 0 Å². The smallest absolute Gasteiger partial charge is 0.255 e. The Labute approximate surface area is 118 Å². The van der Waals surface area contributed by atoms with Crippen LogP contribution in [-0.4, -0.2) is 40.4 Å². The largest absolute Gasteiger partial charge is 0.344 e. The van der Waals surface area contributed by atoms with Crippen LogP contribution in [0.4, 0.5) is 0 Å². The van der Waals surface area contributed by atoms with E-state index in [1.165, 1.54) is 0 Å². The minimum absolute atomic E-state index is 0.0848. The van der Waals surface area contributed by atoms with Gasteiger partial charge >= 0.3 is 0 Å². The predicted octanol–water partition coefficient (Wildman–Crippen LogP) is 0.658. The van der Waals surface area contributed by atoms with Crippen molar-refractivity contribution in [1.29, 1.82) is 0 Å². The van der Waals surface area contributed by atoms with Crippen LogP contribution in [0.3, 0.4) is 0 Å². The van der Waals surface area contributed by atoms with Gasteiger partial charge in [-0.1, -0.05) is 0 Å². The number of aryl methyl sites for hydroxylation is 2. The standard InChI is InChI=1S/C14H22N4O2/c1-8-13(14(20)17-10(3)15-8)9(2)16-11-5-6-12(19)18(4)7-11/h9,11,16H,5-7H2,1-4H3,(H,15,17,20). The summed E-state index contributed by atoms with van der Waals surface area (Å²) < 4.78 is 0. The number of hydrogen-bond acceptors (Lipinski definition) is 4. The third-order valence-electron chi connectivity index (χ3n) is 3.81. The summed E-state index contributed by atoms with van der Waals surface area (Å²) in [6.07, 6.45) is 1.37. The first kappa shape index (κ1) is 14.7. The van der Waals surface area contributed by atoms with Crippen LogP contribution in [0, 0.1) is 13.8 Å². The number of aromatic nitrogens is 2. The van der Waals surface area contributed by atoms with Gasteiger partial charge in [0.25, 0.3) is 5.56 Å². The van der Waals surface area contributed by atoms with Gasteiger partial charge in [-0.2, -0.15) is 0 Å². The van der Waals surface area contributed by atoms with E-state index in [1.807, 2.05) is 20.9 Å². The number of H-pyrrole nitrogens is 1. The van der Waals surface area contributed by atoms with E-state index in [0.717, 1.165) is 12.1 Å². The minimum atomic E-state index is -0.0877. The summed E-state index contributed by atoms with van der Waals surface area (Å²) in [6.45, 7) is 6.27. The Bertz CT molecular complexity index is 567. The molecule has 0 aliphatic carbocycles. The minimum Gasteiger partial charge on any atom is -0.344 e. The van der Waals surface area contributed by atoms with Crippen molar-refractivity contribution in [3.8, 4) is 0 Å². The highest BCUT2D eigenvalue weighted by molar-refractivity contribution is 5.76. The fraction of sp³-hybridized carbons (Fsp3) is 0.643. The molecule has 2 unspecified atom stereocenters. The molecule has 0 radical (unpaired) electrons. The highest BCUT2D eigenvalue weighted by Crippen LogP contribution is 2.16. The van der Waals surface area contributed by atoms with E-state index in [4.69, 9.17) is 0 Å². The molecule has 1 aromatic rings. The van der Waals surface area contributed by atoms with E-state index in [9.17, 15) is 9.59 Å². The second kappa shape index (κ2) is 5.75. The number of carbonyl (C=O) groups excluding carboxylic acids is 1. The van der Waals surface area contributed by atoms with Gasteiger partial charge < -0.3 is 15.2 Å². The maximum absolute atomic E-state index is 12.1. The van der Waals surface area contributed by atoms with Crippen molar-refractivity contribution < 1.29 is 4.79 Å². The number of piperidine rings is 1. The quantitative estimate of drug-likeness (QED) is 0.851. The first-order valence-electron chi connectivity index (χ1n) is 6.96.